The van der Waals surface area contributed by atoms with Crippen LogP contribution in [0.1, 0.15) is 29.9 Å². The number of benzene rings is 2. The Bertz CT molecular complexity index is 939. The van der Waals surface area contributed by atoms with Crippen LogP contribution < -0.4 is 4.74 Å². The maximum atomic E-state index is 11.2. The van der Waals surface area contributed by atoms with Gasteiger partial charge in [-0.05, 0) is 36.8 Å². The summed E-state index contributed by atoms with van der Waals surface area (Å²) in [4.78, 5) is 15.9. The minimum atomic E-state index is -0.214. The summed E-state index contributed by atoms with van der Waals surface area (Å²) < 4.78 is 16.5. The van der Waals surface area contributed by atoms with Crippen LogP contribution in [0.15, 0.2) is 59.0 Å². The van der Waals surface area contributed by atoms with Gasteiger partial charge in [0.2, 0.25) is 5.89 Å². The summed E-state index contributed by atoms with van der Waals surface area (Å²) in [6, 6.07) is 17.8. The van der Waals surface area contributed by atoms with Gasteiger partial charge in [0.05, 0.1) is 25.2 Å². The maximum absolute atomic E-state index is 11.2. The average Bonchev–Trinajstić information content (AvgIpc) is 3.14. The number of carbonyl (C=O) groups is 1. The second-order valence-corrected chi connectivity index (χ2v) is 7.74. The number of nitrogens with zero attached hydrogens (tertiary/aromatic N) is 1. The van der Waals surface area contributed by atoms with E-state index in [4.69, 9.17) is 9.15 Å². The lowest BCUT2D eigenvalue weighted by molar-refractivity contribution is -0.137. The summed E-state index contributed by atoms with van der Waals surface area (Å²) in [6.07, 6.45) is 0. The fourth-order valence-electron chi connectivity index (χ4n) is 2.91. The molecule has 0 amide bonds. The Morgan fingerprint density at radius 3 is 2.72 bits per heavy atom. The molecule has 2 aromatic carbocycles. The van der Waals surface area contributed by atoms with Crippen LogP contribution in [0.2, 0.25) is 0 Å². The van der Waals surface area contributed by atoms with Gasteiger partial charge < -0.3 is 13.9 Å². The lowest BCUT2D eigenvalue weighted by atomic mass is 10.1. The van der Waals surface area contributed by atoms with Gasteiger partial charge in [0.15, 0.2) is 0 Å². The molecular formula is C23H25NO4S. The van der Waals surface area contributed by atoms with E-state index >= 15 is 0 Å². The minimum Gasteiger partial charge on any atom is -0.493 e. The highest BCUT2D eigenvalue weighted by atomic mass is 32.2. The molecule has 0 aliphatic rings. The third-order valence-electron chi connectivity index (χ3n) is 4.43. The van der Waals surface area contributed by atoms with E-state index in [0.29, 0.717) is 18.3 Å². The number of rotatable bonds is 9. The molecule has 0 spiro atoms. The minimum absolute atomic E-state index is 0.0913. The normalized spacial score (nSPS) is 11.8. The van der Waals surface area contributed by atoms with Crippen molar-refractivity contribution in [2.45, 2.75) is 25.5 Å². The van der Waals surface area contributed by atoms with E-state index in [9.17, 15) is 4.79 Å². The predicted molar refractivity (Wildman–Crippen MR) is 115 cm³/mol. The Balaban J connectivity index is 1.58. The van der Waals surface area contributed by atoms with E-state index in [1.165, 1.54) is 18.9 Å². The van der Waals surface area contributed by atoms with Gasteiger partial charge >= 0.3 is 5.97 Å². The summed E-state index contributed by atoms with van der Waals surface area (Å²) >= 11 is 1.52. The molecule has 3 aromatic rings. The Morgan fingerprint density at radius 1 is 1.17 bits per heavy atom. The van der Waals surface area contributed by atoms with Crippen molar-refractivity contribution in [1.82, 2.24) is 4.98 Å². The molecule has 1 heterocycles. The van der Waals surface area contributed by atoms with Gasteiger partial charge in [-0.25, -0.2) is 4.98 Å². The van der Waals surface area contributed by atoms with Gasteiger partial charge in [-0.15, -0.1) is 11.8 Å². The van der Waals surface area contributed by atoms with Crippen LogP contribution in [0.4, 0.5) is 0 Å². The van der Waals surface area contributed by atoms with E-state index in [1.54, 1.807) is 0 Å². The van der Waals surface area contributed by atoms with E-state index in [1.807, 2.05) is 61.5 Å². The van der Waals surface area contributed by atoms with Gasteiger partial charge in [0, 0.05) is 17.2 Å². The zero-order chi connectivity index (χ0) is 20.6. The molecule has 6 heteroatoms. The molecule has 0 radical (unpaired) electrons. The quantitative estimate of drug-likeness (QED) is 0.449. The number of hydrogen-bond acceptors (Lipinski definition) is 6. The van der Waals surface area contributed by atoms with Crippen LogP contribution in [-0.4, -0.2) is 30.4 Å². The zero-order valence-corrected chi connectivity index (χ0v) is 17.7. The molecule has 0 fully saturated rings. The number of oxazole rings is 1. The number of methoxy groups -OCH3 is 1. The Morgan fingerprint density at radius 2 is 1.97 bits per heavy atom. The van der Waals surface area contributed by atoms with E-state index in [2.05, 4.69) is 16.6 Å². The van der Waals surface area contributed by atoms with Crippen molar-refractivity contribution in [2.24, 2.45) is 0 Å². The van der Waals surface area contributed by atoms with Crippen molar-refractivity contribution < 1.29 is 18.7 Å². The number of aryl methyl sites for hydroxylation is 1. The molecule has 0 saturated heterocycles. The first-order chi connectivity index (χ1) is 14.1. The predicted octanol–water partition coefficient (Wildman–Crippen LogP) is 5.24. The third-order valence-corrected chi connectivity index (χ3v) is 5.41. The van der Waals surface area contributed by atoms with Crippen molar-refractivity contribution >= 4 is 17.7 Å². The number of thioether (sulfide) groups is 1. The third kappa shape index (κ3) is 5.87. The molecule has 0 N–H and O–H groups in total. The molecule has 0 aliphatic heterocycles. The zero-order valence-electron chi connectivity index (χ0n) is 16.9. The topological polar surface area (TPSA) is 61.6 Å². The standard InChI is InChI=1S/C23H25NO4S/c1-16(22-17(2)28-23(24-22)19-9-5-4-6-10-19)13-27-20-11-7-8-18(12-20)14-29-15-21(25)26-3/h4-12,16H,13-15H2,1-3H3. The van der Waals surface area contributed by atoms with Crippen LogP contribution in [-0.2, 0) is 15.3 Å². The van der Waals surface area contributed by atoms with Gasteiger partial charge in [-0.3, -0.25) is 4.79 Å². The van der Waals surface area contributed by atoms with Crippen molar-refractivity contribution in [3.8, 4) is 17.2 Å². The lowest BCUT2D eigenvalue weighted by Crippen LogP contribution is -2.08. The summed E-state index contributed by atoms with van der Waals surface area (Å²) in [5.41, 5.74) is 2.98. The Kier molecular flexibility index (Phi) is 7.36. The summed E-state index contributed by atoms with van der Waals surface area (Å²) in [7, 11) is 1.40. The maximum Gasteiger partial charge on any atom is 0.315 e. The smallest absolute Gasteiger partial charge is 0.315 e. The Labute approximate surface area is 175 Å². The largest absolute Gasteiger partial charge is 0.493 e. The first-order valence-electron chi connectivity index (χ1n) is 9.46. The first-order valence-corrected chi connectivity index (χ1v) is 10.6. The number of carbonyl (C=O) groups excluding carboxylic acids is 1. The van der Waals surface area contributed by atoms with Crippen LogP contribution in [0.3, 0.4) is 0 Å². The molecule has 0 saturated carbocycles. The van der Waals surface area contributed by atoms with E-state index in [-0.39, 0.29) is 11.9 Å². The lowest BCUT2D eigenvalue weighted by Gasteiger charge is -2.12. The van der Waals surface area contributed by atoms with Gasteiger partial charge in [0.25, 0.3) is 0 Å². The molecule has 0 bridgehead atoms. The number of ether oxygens (including phenoxy) is 2. The number of aromatic nitrogens is 1. The SMILES string of the molecule is COC(=O)CSCc1cccc(OCC(C)c2nc(-c3ccccc3)oc2C)c1. The second kappa shape index (κ2) is 10.2. The molecule has 1 atom stereocenters. The molecule has 29 heavy (non-hydrogen) atoms. The summed E-state index contributed by atoms with van der Waals surface area (Å²) in [6.45, 7) is 4.51. The van der Waals surface area contributed by atoms with Crippen molar-refractivity contribution in [3.05, 3.63) is 71.6 Å². The van der Waals surface area contributed by atoms with Crippen molar-refractivity contribution in [2.75, 3.05) is 19.5 Å². The monoisotopic (exact) mass is 411 g/mol. The Hall–Kier alpha value is -2.73. The highest BCUT2D eigenvalue weighted by Gasteiger charge is 2.18. The van der Waals surface area contributed by atoms with Crippen LogP contribution >= 0.6 is 11.8 Å². The van der Waals surface area contributed by atoms with Crippen LogP contribution in [0, 0.1) is 6.92 Å². The highest BCUT2D eigenvalue weighted by Crippen LogP contribution is 2.27. The van der Waals surface area contributed by atoms with Crippen molar-refractivity contribution in [3.63, 3.8) is 0 Å². The number of hydrogen-bond donors (Lipinski definition) is 0. The molecule has 1 aromatic heterocycles. The first kappa shape index (κ1) is 21.0. The fraction of sp³-hybridized carbons (Fsp3) is 0.304. The average molecular weight is 412 g/mol. The molecule has 0 aliphatic carbocycles. The molecule has 1 unspecified atom stereocenters. The molecular weight excluding hydrogens is 386 g/mol. The number of esters is 1. The fourth-order valence-corrected chi connectivity index (χ4v) is 3.71. The van der Waals surface area contributed by atoms with Gasteiger partial charge in [-0.1, -0.05) is 37.3 Å². The second-order valence-electron chi connectivity index (χ2n) is 6.75. The van der Waals surface area contributed by atoms with Gasteiger partial charge in [0.1, 0.15) is 11.5 Å². The van der Waals surface area contributed by atoms with Crippen molar-refractivity contribution in [1.29, 1.82) is 0 Å². The molecule has 5 nitrogen and oxygen atoms in total. The highest BCUT2D eigenvalue weighted by molar-refractivity contribution is 7.99. The van der Waals surface area contributed by atoms with E-state index < -0.39 is 0 Å². The summed E-state index contributed by atoms with van der Waals surface area (Å²) in [5.74, 6) is 3.20. The van der Waals surface area contributed by atoms with Crippen LogP contribution in [0.5, 0.6) is 5.75 Å². The molecule has 3 rings (SSSR count). The van der Waals surface area contributed by atoms with Crippen LogP contribution in [0.25, 0.3) is 11.5 Å². The van der Waals surface area contributed by atoms with E-state index in [0.717, 1.165) is 34.1 Å². The van der Waals surface area contributed by atoms with Gasteiger partial charge in [-0.2, -0.15) is 0 Å². The molecule has 152 valence electrons. The summed E-state index contributed by atoms with van der Waals surface area (Å²) in [5, 5.41) is 0.